The maximum Gasteiger partial charge on any atom is 0.203 e. The minimum Gasteiger partial charge on any atom is -0.495 e. The highest BCUT2D eigenvalue weighted by Crippen LogP contribution is 2.25. The van der Waals surface area contributed by atoms with Gasteiger partial charge in [-0.15, -0.1) is 0 Å². The minimum atomic E-state index is -3.58. The van der Waals surface area contributed by atoms with E-state index in [9.17, 15) is 8.42 Å². The average Bonchev–Trinajstić information content (AvgIpc) is 2.46. The fourth-order valence-corrected chi connectivity index (χ4v) is 3.07. The molecule has 5 heteroatoms. The molecule has 0 unspecified atom stereocenters. The minimum absolute atomic E-state index is 0.130. The second kappa shape index (κ2) is 6.11. The Morgan fingerprint density at radius 1 is 1.05 bits per heavy atom. The number of methoxy groups -OCH3 is 1. The first kappa shape index (κ1) is 14.6. The van der Waals surface area contributed by atoms with E-state index in [0.29, 0.717) is 16.3 Å². The summed E-state index contributed by atoms with van der Waals surface area (Å²) in [7, 11) is -2.15. The van der Waals surface area contributed by atoms with Gasteiger partial charge in [-0.05, 0) is 29.8 Å². The Labute approximate surface area is 123 Å². The fraction of sp³-hybridized carbons (Fsp3) is 0.0667. The van der Waals surface area contributed by atoms with Gasteiger partial charge in [0.2, 0.25) is 9.84 Å². The monoisotopic (exact) mass is 308 g/mol. The van der Waals surface area contributed by atoms with Crippen LogP contribution in [0.2, 0.25) is 5.02 Å². The van der Waals surface area contributed by atoms with E-state index in [1.54, 1.807) is 42.5 Å². The van der Waals surface area contributed by atoms with Gasteiger partial charge in [0.25, 0.3) is 0 Å². The van der Waals surface area contributed by atoms with Crippen molar-refractivity contribution in [2.24, 2.45) is 0 Å². The normalized spacial score (nSPS) is 11.7. The molecule has 0 fully saturated rings. The number of hydrogen-bond acceptors (Lipinski definition) is 3. The Morgan fingerprint density at radius 2 is 1.70 bits per heavy atom. The molecule has 0 atom stereocenters. The van der Waals surface area contributed by atoms with Crippen LogP contribution in [0.4, 0.5) is 0 Å². The molecule has 0 aromatic heterocycles. The Balaban J connectivity index is 2.39. The highest BCUT2D eigenvalue weighted by Gasteiger charge is 2.15. The first-order valence-corrected chi connectivity index (χ1v) is 7.78. The summed E-state index contributed by atoms with van der Waals surface area (Å²) in [6, 6.07) is 13.5. The van der Waals surface area contributed by atoms with Gasteiger partial charge in [0.05, 0.1) is 7.11 Å². The van der Waals surface area contributed by atoms with Crippen LogP contribution in [0.15, 0.2) is 58.8 Å². The summed E-state index contributed by atoms with van der Waals surface area (Å²) < 4.78 is 29.6. The molecule has 0 amide bonds. The number of halogens is 1. The summed E-state index contributed by atoms with van der Waals surface area (Å²) in [6.07, 6.45) is 1.48. The molecule has 0 spiro atoms. The van der Waals surface area contributed by atoms with Crippen LogP contribution in [0.3, 0.4) is 0 Å². The lowest BCUT2D eigenvalue weighted by Crippen LogP contribution is -1.99. The van der Waals surface area contributed by atoms with Crippen LogP contribution in [0.1, 0.15) is 5.56 Å². The van der Waals surface area contributed by atoms with Gasteiger partial charge >= 0.3 is 0 Å². The van der Waals surface area contributed by atoms with E-state index in [-0.39, 0.29) is 4.90 Å². The Kier molecular flexibility index (Phi) is 4.47. The quantitative estimate of drug-likeness (QED) is 0.863. The van der Waals surface area contributed by atoms with Gasteiger partial charge in [0.1, 0.15) is 10.6 Å². The molecule has 0 aliphatic heterocycles. The van der Waals surface area contributed by atoms with E-state index in [1.807, 2.05) is 0 Å². The Hall–Kier alpha value is -1.78. The van der Waals surface area contributed by atoms with Crippen molar-refractivity contribution in [2.45, 2.75) is 4.90 Å². The smallest absolute Gasteiger partial charge is 0.203 e. The molecular weight excluding hydrogens is 296 g/mol. The van der Waals surface area contributed by atoms with Crippen LogP contribution in [-0.2, 0) is 9.84 Å². The number of hydrogen-bond donors (Lipinski definition) is 0. The summed E-state index contributed by atoms with van der Waals surface area (Å²) in [5, 5.41) is 1.63. The predicted molar refractivity (Wildman–Crippen MR) is 80.7 cm³/mol. The zero-order chi connectivity index (χ0) is 14.6. The molecule has 3 nitrogen and oxygen atoms in total. The van der Waals surface area contributed by atoms with Gasteiger partial charge < -0.3 is 4.74 Å². The SMILES string of the molecule is COc1ccccc1S(=O)(=O)/C=C/c1ccccc1Cl. The van der Waals surface area contributed by atoms with E-state index in [2.05, 4.69) is 0 Å². The van der Waals surface area contributed by atoms with E-state index < -0.39 is 9.84 Å². The zero-order valence-electron chi connectivity index (χ0n) is 10.8. The number of para-hydroxylation sites is 1. The zero-order valence-corrected chi connectivity index (χ0v) is 12.4. The van der Waals surface area contributed by atoms with Crippen molar-refractivity contribution in [3.8, 4) is 5.75 Å². The maximum absolute atomic E-state index is 12.3. The topological polar surface area (TPSA) is 43.4 Å². The van der Waals surface area contributed by atoms with Crippen molar-refractivity contribution in [1.82, 2.24) is 0 Å². The summed E-state index contributed by atoms with van der Waals surface area (Å²) in [4.78, 5) is 0.130. The molecule has 0 N–H and O–H groups in total. The second-order valence-electron chi connectivity index (χ2n) is 4.02. The van der Waals surface area contributed by atoms with Crippen molar-refractivity contribution < 1.29 is 13.2 Å². The number of rotatable bonds is 4. The standard InChI is InChI=1S/C15H13ClO3S/c1-19-14-8-4-5-9-15(14)20(17,18)11-10-12-6-2-3-7-13(12)16/h2-11H,1H3/b11-10+. The van der Waals surface area contributed by atoms with Gasteiger partial charge in [0, 0.05) is 10.4 Å². The van der Waals surface area contributed by atoms with Crippen molar-refractivity contribution in [2.75, 3.05) is 7.11 Å². The van der Waals surface area contributed by atoms with Crippen molar-refractivity contribution in [3.63, 3.8) is 0 Å². The van der Waals surface area contributed by atoms with E-state index in [4.69, 9.17) is 16.3 Å². The molecule has 0 saturated heterocycles. The van der Waals surface area contributed by atoms with Crippen molar-refractivity contribution >= 4 is 27.5 Å². The first-order valence-electron chi connectivity index (χ1n) is 5.85. The van der Waals surface area contributed by atoms with E-state index in [1.165, 1.54) is 19.3 Å². The molecule has 104 valence electrons. The maximum atomic E-state index is 12.3. The first-order chi connectivity index (χ1) is 9.54. The van der Waals surface area contributed by atoms with Crippen LogP contribution in [-0.4, -0.2) is 15.5 Å². The van der Waals surface area contributed by atoms with Crippen LogP contribution in [0.25, 0.3) is 6.08 Å². The van der Waals surface area contributed by atoms with Gasteiger partial charge in [-0.1, -0.05) is 41.9 Å². The van der Waals surface area contributed by atoms with Crippen LogP contribution >= 0.6 is 11.6 Å². The van der Waals surface area contributed by atoms with Crippen molar-refractivity contribution in [1.29, 1.82) is 0 Å². The molecule has 0 aliphatic carbocycles. The molecule has 0 heterocycles. The molecule has 2 aromatic carbocycles. The number of sulfone groups is 1. The third-order valence-corrected chi connectivity index (χ3v) is 4.50. The van der Waals surface area contributed by atoms with Gasteiger partial charge in [-0.3, -0.25) is 0 Å². The lowest BCUT2D eigenvalue weighted by molar-refractivity contribution is 0.403. The molecule has 0 saturated carbocycles. The van der Waals surface area contributed by atoms with E-state index >= 15 is 0 Å². The highest BCUT2D eigenvalue weighted by atomic mass is 35.5. The third kappa shape index (κ3) is 3.21. The Morgan fingerprint density at radius 3 is 2.40 bits per heavy atom. The molecule has 2 rings (SSSR count). The van der Waals surface area contributed by atoms with Crippen LogP contribution < -0.4 is 4.74 Å². The summed E-state index contributed by atoms with van der Waals surface area (Å²) in [5.74, 6) is 0.316. The predicted octanol–water partition coefficient (Wildman–Crippen LogP) is 3.79. The third-order valence-electron chi connectivity index (χ3n) is 2.71. The van der Waals surface area contributed by atoms with Gasteiger partial charge in [-0.25, -0.2) is 8.42 Å². The Bertz CT molecular complexity index is 736. The fourth-order valence-electron chi connectivity index (χ4n) is 1.70. The molecule has 20 heavy (non-hydrogen) atoms. The summed E-state index contributed by atoms with van der Waals surface area (Å²) >= 11 is 5.99. The summed E-state index contributed by atoms with van der Waals surface area (Å²) in [5.41, 5.74) is 0.646. The van der Waals surface area contributed by atoms with E-state index in [0.717, 1.165) is 5.41 Å². The average molecular weight is 309 g/mol. The largest absolute Gasteiger partial charge is 0.495 e. The molecule has 0 aliphatic rings. The number of ether oxygens (including phenoxy) is 1. The lowest BCUT2D eigenvalue weighted by atomic mass is 10.2. The molecular formula is C15H13ClO3S. The second-order valence-corrected chi connectivity index (χ2v) is 6.23. The van der Waals surface area contributed by atoms with Gasteiger partial charge in [-0.2, -0.15) is 0 Å². The van der Waals surface area contributed by atoms with Crippen LogP contribution in [0.5, 0.6) is 5.75 Å². The molecule has 0 bridgehead atoms. The molecule has 0 radical (unpaired) electrons. The van der Waals surface area contributed by atoms with Crippen molar-refractivity contribution in [3.05, 3.63) is 64.5 Å². The lowest BCUT2D eigenvalue weighted by Gasteiger charge is -2.06. The van der Waals surface area contributed by atoms with Crippen LogP contribution in [0, 0.1) is 0 Å². The number of benzene rings is 2. The highest BCUT2D eigenvalue weighted by molar-refractivity contribution is 7.94. The van der Waals surface area contributed by atoms with Gasteiger partial charge in [0.15, 0.2) is 0 Å². The summed E-state index contributed by atoms with van der Waals surface area (Å²) in [6.45, 7) is 0. The molecule has 2 aromatic rings.